The van der Waals surface area contributed by atoms with Gasteiger partial charge in [-0.05, 0) is 20.3 Å². The monoisotopic (exact) mass is 173 g/mol. The lowest BCUT2D eigenvalue weighted by atomic mass is 10.2. The summed E-state index contributed by atoms with van der Waals surface area (Å²) in [5.41, 5.74) is 0. The number of rotatable bonds is 3. The van der Waals surface area contributed by atoms with Crippen LogP contribution < -0.4 is 0 Å². The fourth-order valence-corrected chi connectivity index (χ4v) is 1.37. The van der Waals surface area contributed by atoms with Gasteiger partial charge in [0.05, 0.1) is 0 Å². The summed E-state index contributed by atoms with van der Waals surface area (Å²) in [6.45, 7) is 6.07. The topological polar surface area (TPSA) is 18.8 Å². The lowest BCUT2D eigenvalue weighted by Gasteiger charge is -2.28. The van der Waals surface area contributed by atoms with E-state index in [2.05, 4.69) is 5.10 Å². The second kappa shape index (κ2) is 3.74. The largest absolute Gasteiger partial charge is 0.268 e. The Morgan fingerprint density at radius 2 is 2.25 bits per heavy atom. The van der Waals surface area contributed by atoms with E-state index < -0.39 is 0 Å². The summed E-state index contributed by atoms with van der Waals surface area (Å²) in [7, 11) is 0. The molecule has 1 unspecified atom stereocenters. The van der Waals surface area contributed by atoms with Gasteiger partial charge in [-0.25, -0.2) is 0 Å². The Bertz CT molecular complexity index is 170. The first-order valence-electron chi connectivity index (χ1n) is 4.43. The number of nitrogens with zero attached hydrogens (tertiary/aromatic N) is 3. The molecule has 0 fully saturated rings. The number of hydrogen-bond donors (Lipinski definition) is 0. The van der Waals surface area contributed by atoms with Crippen molar-refractivity contribution in [2.24, 2.45) is 5.10 Å². The molecule has 12 heavy (non-hydrogen) atoms. The molecule has 0 N–H and O–H groups in total. The highest BCUT2D eigenvalue weighted by Crippen LogP contribution is 2.19. The van der Waals surface area contributed by atoms with Crippen LogP contribution in [0.3, 0.4) is 0 Å². The summed E-state index contributed by atoms with van der Waals surface area (Å²) in [5, 5.41) is 6.45. The van der Waals surface area contributed by atoms with Gasteiger partial charge in [-0.3, -0.25) is 5.01 Å². The zero-order valence-corrected chi connectivity index (χ0v) is 7.87. The van der Waals surface area contributed by atoms with Gasteiger partial charge in [0.2, 0.25) is 0 Å². The molecule has 0 saturated heterocycles. The van der Waals surface area contributed by atoms with Crippen LogP contribution >= 0.6 is 0 Å². The molecule has 3 nitrogen and oxygen atoms in total. The quantitative estimate of drug-likeness (QED) is 0.607. The maximum Gasteiger partial charge on any atom is 0.149 e. The van der Waals surface area contributed by atoms with Crippen molar-refractivity contribution < 1.29 is 4.48 Å². The average Bonchev–Trinajstić information content (AvgIpc) is 2.34. The van der Waals surface area contributed by atoms with Gasteiger partial charge in [-0.15, -0.1) is 0 Å². The molecule has 0 amide bonds. The fourth-order valence-electron chi connectivity index (χ4n) is 1.37. The van der Waals surface area contributed by atoms with Gasteiger partial charge >= 0.3 is 0 Å². The van der Waals surface area contributed by atoms with Gasteiger partial charge in [0.25, 0.3) is 0 Å². The summed E-state index contributed by atoms with van der Waals surface area (Å²) >= 11 is 0. The Hall–Kier alpha value is -0.800. The third-order valence-corrected chi connectivity index (χ3v) is 1.96. The maximum absolute atomic E-state index is 13.0. The minimum Gasteiger partial charge on any atom is -0.268 e. The van der Waals surface area contributed by atoms with E-state index in [9.17, 15) is 4.48 Å². The molecule has 70 valence electrons. The highest BCUT2D eigenvalue weighted by Gasteiger charge is 2.28. The van der Waals surface area contributed by atoms with Crippen molar-refractivity contribution in [2.45, 2.75) is 45.8 Å². The SMILES string of the molecule is CCCC1N(F)C=NN1C(C)C. The smallest absolute Gasteiger partial charge is 0.149 e. The Kier molecular flexibility index (Phi) is 2.89. The zero-order chi connectivity index (χ0) is 9.14. The van der Waals surface area contributed by atoms with Crippen molar-refractivity contribution in [1.29, 1.82) is 0 Å². The van der Waals surface area contributed by atoms with Crippen molar-refractivity contribution in [2.75, 3.05) is 0 Å². The van der Waals surface area contributed by atoms with E-state index in [1.807, 2.05) is 20.8 Å². The molecular weight excluding hydrogens is 157 g/mol. The molecular formula is C8H16FN3. The van der Waals surface area contributed by atoms with Gasteiger partial charge in [-0.2, -0.15) is 10.2 Å². The molecule has 0 aromatic carbocycles. The number of hydrazone groups is 1. The van der Waals surface area contributed by atoms with Crippen molar-refractivity contribution >= 4 is 6.34 Å². The first kappa shape index (κ1) is 9.29. The molecule has 1 heterocycles. The summed E-state index contributed by atoms with van der Waals surface area (Å²) in [5.74, 6) is 0. The van der Waals surface area contributed by atoms with Gasteiger partial charge in [0, 0.05) is 6.04 Å². The molecule has 0 radical (unpaired) electrons. The van der Waals surface area contributed by atoms with Crippen LogP contribution in [-0.2, 0) is 0 Å². The summed E-state index contributed by atoms with van der Waals surface area (Å²) in [4.78, 5) is 0. The zero-order valence-electron chi connectivity index (χ0n) is 7.87. The average molecular weight is 173 g/mol. The molecule has 0 aromatic heterocycles. The third-order valence-electron chi connectivity index (χ3n) is 1.96. The van der Waals surface area contributed by atoms with E-state index in [0.29, 0.717) is 5.12 Å². The first-order chi connectivity index (χ1) is 5.66. The van der Waals surface area contributed by atoms with Gasteiger partial charge in [-0.1, -0.05) is 17.8 Å². The molecule has 1 aliphatic rings. The van der Waals surface area contributed by atoms with Gasteiger partial charge < -0.3 is 0 Å². The van der Waals surface area contributed by atoms with E-state index in [4.69, 9.17) is 0 Å². The Labute approximate surface area is 72.8 Å². The van der Waals surface area contributed by atoms with Crippen LogP contribution in [0, 0.1) is 0 Å². The van der Waals surface area contributed by atoms with Crippen molar-refractivity contribution in [3.63, 3.8) is 0 Å². The van der Waals surface area contributed by atoms with Crippen LogP contribution in [0.5, 0.6) is 0 Å². The van der Waals surface area contributed by atoms with Gasteiger partial charge in [0.1, 0.15) is 12.5 Å². The molecule has 1 rings (SSSR count). The second-order valence-corrected chi connectivity index (χ2v) is 3.32. The lowest BCUT2D eigenvalue weighted by Crippen LogP contribution is -2.39. The van der Waals surface area contributed by atoms with Gasteiger partial charge in [0.15, 0.2) is 0 Å². The van der Waals surface area contributed by atoms with E-state index in [1.165, 1.54) is 6.34 Å². The second-order valence-electron chi connectivity index (χ2n) is 3.32. The molecule has 0 saturated carbocycles. The van der Waals surface area contributed by atoms with E-state index >= 15 is 0 Å². The van der Waals surface area contributed by atoms with Crippen LogP contribution in [0.25, 0.3) is 0 Å². The van der Waals surface area contributed by atoms with Crippen LogP contribution in [0.4, 0.5) is 4.48 Å². The number of halogens is 1. The van der Waals surface area contributed by atoms with E-state index in [-0.39, 0.29) is 12.2 Å². The van der Waals surface area contributed by atoms with Crippen molar-refractivity contribution in [1.82, 2.24) is 10.1 Å². The van der Waals surface area contributed by atoms with Crippen LogP contribution in [-0.4, -0.2) is 28.7 Å². The Balaban J connectivity index is 2.56. The third kappa shape index (κ3) is 1.68. The minimum absolute atomic E-state index is 0.185. The number of hydrogen-bond acceptors (Lipinski definition) is 3. The molecule has 1 atom stereocenters. The highest BCUT2D eigenvalue weighted by atomic mass is 19.2. The molecule has 0 aromatic rings. The molecule has 0 spiro atoms. The van der Waals surface area contributed by atoms with Crippen molar-refractivity contribution in [3.8, 4) is 0 Å². The maximum atomic E-state index is 13.0. The molecule has 0 bridgehead atoms. The fraction of sp³-hybridized carbons (Fsp3) is 0.875. The normalized spacial score (nSPS) is 22.9. The van der Waals surface area contributed by atoms with Crippen LogP contribution in [0.1, 0.15) is 33.6 Å². The van der Waals surface area contributed by atoms with Crippen LogP contribution in [0.2, 0.25) is 0 Å². The first-order valence-corrected chi connectivity index (χ1v) is 4.43. The van der Waals surface area contributed by atoms with Crippen molar-refractivity contribution in [3.05, 3.63) is 0 Å². The molecule has 1 aliphatic heterocycles. The highest BCUT2D eigenvalue weighted by molar-refractivity contribution is 5.55. The summed E-state index contributed by atoms with van der Waals surface area (Å²) in [6.07, 6.45) is 2.85. The Morgan fingerprint density at radius 1 is 1.58 bits per heavy atom. The predicted octanol–water partition coefficient (Wildman–Crippen LogP) is 1.97. The van der Waals surface area contributed by atoms with Crippen LogP contribution in [0.15, 0.2) is 5.10 Å². The predicted molar refractivity (Wildman–Crippen MR) is 47.1 cm³/mol. The molecule has 4 heteroatoms. The standard InChI is InChI=1S/C8H16FN3/c1-4-5-8-11(9)6-10-12(8)7(2)3/h6-8H,4-5H2,1-3H3. The van der Waals surface area contributed by atoms with E-state index in [0.717, 1.165) is 12.8 Å². The summed E-state index contributed by atoms with van der Waals surface area (Å²) in [6, 6.07) is 0.263. The minimum atomic E-state index is -0.185. The lowest BCUT2D eigenvalue weighted by molar-refractivity contribution is -0.0134. The summed E-state index contributed by atoms with van der Waals surface area (Å²) < 4.78 is 13.0. The Morgan fingerprint density at radius 3 is 2.75 bits per heavy atom. The van der Waals surface area contributed by atoms with E-state index in [1.54, 1.807) is 5.01 Å². The molecule has 0 aliphatic carbocycles.